The van der Waals surface area contributed by atoms with Crippen LogP contribution in [0.5, 0.6) is 0 Å². The van der Waals surface area contributed by atoms with E-state index < -0.39 is 11.9 Å². The van der Waals surface area contributed by atoms with Gasteiger partial charge >= 0.3 is 6.18 Å². The summed E-state index contributed by atoms with van der Waals surface area (Å²) >= 11 is 0. The molecule has 1 aliphatic carbocycles. The summed E-state index contributed by atoms with van der Waals surface area (Å²) in [5.74, 6) is 0.311. The van der Waals surface area contributed by atoms with Crippen molar-refractivity contribution in [3.8, 4) is 0 Å². The SMILES string of the molecule is Nc1nc(NCC2CC2)cc(C(F)(F)F)n1. The van der Waals surface area contributed by atoms with Crippen LogP contribution >= 0.6 is 0 Å². The number of nitrogens with two attached hydrogens (primary N) is 1. The number of halogens is 3. The normalized spacial score (nSPS) is 16.2. The molecule has 1 saturated carbocycles. The predicted octanol–water partition coefficient (Wildman–Crippen LogP) is 1.90. The van der Waals surface area contributed by atoms with Crippen molar-refractivity contribution in [1.29, 1.82) is 0 Å². The van der Waals surface area contributed by atoms with Crippen molar-refractivity contribution in [2.45, 2.75) is 19.0 Å². The molecule has 0 unspecified atom stereocenters. The second-order valence-electron chi connectivity index (χ2n) is 3.82. The number of hydrogen-bond acceptors (Lipinski definition) is 4. The molecular formula is C9H11F3N4. The van der Waals surface area contributed by atoms with E-state index in [1.807, 2.05) is 0 Å². The monoisotopic (exact) mass is 232 g/mol. The molecule has 0 radical (unpaired) electrons. The molecule has 1 aromatic rings. The summed E-state index contributed by atoms with van der Waals surface area (Å²) in [4.78, 5) is 6.85. The first-order valence-electron chi connectivity index (χ1n) is 4.91. The molecule has 0 bridgehead atoms. The van der Waals surface area contributed by atoms with Gasteiger partial charge in [-0.2, -0.15) is 18.2 Å². The van der Waals surface area contributed by atoms with E-state index in [0.717, 1.165) is 18.9 Å². The zero-order chi connectivity index (χ0) is 11.8. The van der Waals surface area contributed by atoms with Gasteiger partial charge in [0, 0.05) is 12.6 Å². The van der Waals surface area contributed by atoms with Gasteiger partial charge in [-0.1, -0.05) is 0 Å². The smallest absolute Gasteiger partial charge is 0.370 e. The fourth-order valence-corrected chi connectivity index (χ4v) is 1.27. The van der Waals surface area contributed by atoms with E-state index in [2.05, 4.69) is 15.3 Å². The largest absolute Gasteiger partial charge is 0.433 e. The molecule has 0 atom stereocenters. The first-order chi connectivity index (χ1) is 7.45. The molecule has 0 aliphatic heterocycles. The van der Waals surface area contributed by atoms with Crippen LogP contribution < -0.4 is 11.1 Å². The van der Waals surface area contributed by atoms with Crippen molar-refractivity contribution in [2.75, 3.05) is 17.6 Å². The summed E-state index contributed by atoms with van der Waals surface area (Å²) in [5, 5.41) is 2.83. The maximum absolute atomic E-state index is 12.4. The van der Waals surface area contributed by atoms with Crippen molar-refractivity contribution in [2.24, 2.45) is 5.92 Å². The third-order valence-electron chi connectivity index (χ3n) is 2.30. The van der Waals surface area contributed by atoms with Crippen LogP contribution in [0.15, 0.2) is 6.07 Å². The van der Waals surface area contributed by atoms with E-state index >= 15 is 0 Å². The lowest BCUT2D eigenvalue weighted by molar-refractivity contribution is -0.141. The van der Waals surface area contributed by atoms with Crippen LogP contribution in [0.3, 0.4) is 0 Å². The van der Waals surface area contributed by atoms with Crippen LogP contribution in [-0.4, -0.2) is 16.5 Å². The number of anilines is 2. The Hall–Kier alpha value is -1.53. The summed E-state index contributed by atoms with van der Waals surface area (Å²) in [6, 6.07) is 0.874. The minimum absolute atomic E-state index is 0.131. The van der Waals surface area contributed by atoms with Gasteiger partial charge in [0.2, 0.25) is 5.95 Å². The Kier molecular flexibility index (Phi) is 2.61. The van der Waals surface area contributed by atoms with Gasteiger partial charge in [0.15, 0.2) is 5.69 Å². The predicted molar refractivity (Wildman–Crippen MR) is 52.7 cm³/mol. The highest BCUT2D eigenvalue weighted by Crippen LogP contribution is 2.31. The highest BCUT2D eigenvalue weighted by atomic mass is 19.4. The summed E-state index contributed by atoms with van der Waals surface area (Å²) in [6.07, 6.45) is -2.27. The van der Waals surface area contributed by atoms with Gasteiger partial charge in [0.1, 0.15) is 5.82 Å². The van der Waals surface area contributed by atoms with Gasteiger partial charge in [-0.3, -0.25) is 0 Å². The zero-order valence-corrected chi connectivity index (χ0v) is 8.38. The summed E-state index contributed by atoms with van der Waals surface area (Å²) < 4.78 is 37.2. The molecule has 1 aromatic heterocycles. The zero-order valence-electron chi connectivity index (χ0n) is 8.38. The average molecular weight is 232 g/mol. The number of alkyl halides is 3. The molecule has 3 N–H and O–H groups in total. The number of rotatable bonds is 3. The van der Waals surface area contributed by atoms with E-state index in [0.29, 0.717) is 12.5 Å². The molecule has 4 nitrogen and oxygen atoms in total. The fourth-order valence-electron chi connectivity index (χ4n) is 1.27. The lowest BCUT2D eigenvalue weighted by Crippen LogP contribution is -2.13. The molecule has 1 heterocycles. The van der Waals surface area contributed by atoms with Crippen molar-refractivity contribution < 1.29 is 13.2 Å². The van der Waals surface area contributed by atoms with Crippen molar-refractivity contribution in [3.05, 3.63) is 11.8 Å². The summed E-state index contributed by atoms with van der Waals surface area (Å²) in [6.45, 7) is 0.633. The van der Waals surface area contributed by atoms with E-state index in [-0.39, 0.29) is 11.8 Å². The number of nitrogen functional groups attached to an aromatic ring is 1. The van der Waals surface area contributed by atoms with Gasteiger partial charge in [-0.25, -0.2) is 4.98 Å². The topological polar surface area (TPSA) is 63.8 Å². The molecule has 88 valence electrons. The van der Waals surface area contributed by atoms with Gasteiger partial charge in [0.25, 0.3) is 0 Å². The maximum atomic E-state index is 12.4. The fraction of sp³-hybridized carbons (Fsp3) is 0.556. The maximum Gasteiger partial charge on any atom is 0.433 e. The Morgan fingerprint density at radius 1 is 1.38 bits per heavy atom. The molecule has 0 spiro atoms. The van der Waals surface area contributed by atoms with Crippen molar-refractivity contribution in [3.63, 3.8) is 0 Å². The van der Waals surface area contributed by atoms with Crippen LogP contribution in [-0.2, 0) is 6.18 Å². The summed E-state index contributed by atoms with van der Waals surface area (Å²) in [7, 11) is 0. The second kappa shape index (κ2) is 3.80. The Labute approximate surface area is 90.1 Å². The molecule has 7 heteroatoms. The van der Waals surface area contributed by atoms with Gasteiger partial charge in [-0.05, 0) is 18.8 Å². The Morgan fingerprint density at radius 3 is 2.62 bits per heavy atom. The highest BCUT2D eigenvalue weighted by molar-refractivity contribution is 5.41. The van der Waals surface area contributed by atoms with Crippen LogP contribution in [0.25, 0.3) is 0 Å². The Bertz CT molecular complexity index is 387. The Balaban J connectivity index is 2.14. The standard InChI is InChI=1S/C9H11F3N4/c10-9(11,12)6-3-7(16-8(13)15-6)14-4-5-1-2-5/h3,5H,1-2,4H2,(H3,13,14,15,16). The quantitative estimate of drug-likeness (QED) is 0.835. The van der Waals surface area contributed by atoms with Crippen LogP contribution in [0.4, 0.5) is 24.9 Å². The van der Waals surface area contributed by atoms with Crippen LogP contribution in [0.2, 0.25) is 0 Å². The third kappa shape index (κ3) is 2.74. The third-order valence-corrected chi connectivity index (χ3v) is 2.30. The average Bonchev–Trinajstić information content (AvgIpc) is 2.96. The molecule has 0 saturated heterocycles. The molecule has 1 aliphatic rings. The number of nitrogens with one attached hydrogen (secondary N) is 1. The van der Waals surface area contributed by atoms with E-state index in [9.17, 15) is 13.2 Å². The van der Waals surface area contributed by atoms with Gasteiger partial charge in [0.05, 0.1) is 0 Å². The minimum atomic E-state index is -4.49. The lowest BCUT2D eigenvalue weighted by Gasteiger charge is -2.09. The molecule has 16 heavy (non-hydrogen) atoms. The van der Waals surface area contributed by atoms with Crippen LogP contribution in [0.1, 0.15) is 18.5 Å². The van der Waals surface area contributed by atoms with Crippen molar-refractivity contribution in [1.82, 2.24) is 9.97 Å². The molecule has 2 rings (SSSR count). The molecule has 0 aromatic carbocycles. The minimum Gasteiger partial charge on any atom is -0.370 e. The number of hydrogen-bond donors (Lipinski definition) is 2. The first kappa shape index (κ1) is 11.0. The van der Waals surface area contributed by atoms with Crippen molar-refractivity contribution >= 4 is 11.8 Å². The van der Waals surface area contributed by atoms with E-state index in [1.54, 1.807) is 0 Å². The summed E-state index contributed by atoms with van der Waals surface area (Å²) in [5.41, 5.74) is 4.20. The van der Waals surface area contributed by atoms with E-state index in [1.165, 1.54) is 0 Å². The van der Waals surface area contributed by atoms with Gasteiger partial charge in [-0.15, -0.1) is 0 Å². The second-order valence-corrected chi connectivity index (χ2v) is 3.82. The number of nitrogens with zero attached hydrogens (tertiary/aromatic N) is 2. The lowest BCUT2D eigenvalue weighted by atomic mass is 10.3. The number of aromatic nitrogens is 2. The first-order valence-corrected chi connectivity index (χ1v) is 4.91. The van der Waals surface area contributed by atoms with E-state index in [4.69, 9.17) is 5.73 Å². The molecule has 1 fully saturated rings. The van der Waals surface area contributed by atoms with Crippen LogP contribution in [0, 0.1) is 5.92 Å². The molecule has 0 amide bonds. The highest BCUT2D eigenvalue weighted by Gasteiger charge is 2.33. The van der Waals surface area contributed by atoms with Gasteiger partial charge < -0.3 is 11.1 Å². The Morgan fingerprint density at radius 2 is 2.06 bits per heavy atom. The molecular weight excluding hydrogens is 221 g/mol.